The molecule has 3 N–H and O–H groups in total. The number of hydrogen-bond donors (Lipinski definition) is 2. The molecule has 0 radical (unpaired) electrons. The lowest BCUT2D eigenvalue weighted by atomic mass is 9.95. The van der Waals surface area contributed by atoms with Crippen molar-refractivity contribution in [2.24, 2.45) is 0 Å². The van der Waals surface area contributed by atoms with E-state index >= 15 is 0 Å². The van der Waals surface area contributed by atoms with Crippen LogP contribution in [0.4, 0.5) is 19.0 Å². The van der Waals surface area contributed by atoms with Crippen LogP contribution in [0.15, 0.2) is 24.7 Å². The fourth-order valence-electron chi connectivity index (χ4n) is 4.72. The fraction of sp³-hybridized carbons (Fsp3) is 0.455. The van der Waals surface area contributed by atoms with Gasteiger partial charge in [-0.3, -0.25) is 0 Å². The first-order chi connectivity index (χ1) is 14.8. The number of benzene rings is 1. The lowest BCUT2D eigenvalue weighted by molar-refractivity contribution is 0.0169. The van der Waals surface area contributed by atoms with E-state index in [1.54, 1.807) is 10.6 Å². The maximum absolute atomic E-state index is 14.4. The first-order valence-electron chi connectivity index (χ1n) is 10.5. The molecule has 1 aromatic carbocycles. The summed E-state index contributed by atoms with van der Waals surface area (Å²) >= 11 is 0. The number of nitrogens with zero attached hydrogens (tertiary/aromatic N) is 3. The zero-order valence-corrected chi connectivity index (χ0v) is 17.2. The fourth-order valence-corrected chi connectivity index (χ4v) is 4.72. The van der Waals surface area contributed by atoms with Crippen molar-refractivity contribution in [2.45, 2.75) is 57.2 Å². The van der Waals surface area contributed by atoms with Gasteiger partial charge in [0, 0.05) is 43.3 Å². The molecule has 1 aliphatic heterocycles. The SMILES string of the molecule is CC(F)(F)c1cc2c(c(OC3CC[C@H](n4cc(F)c5c(N)ncnc54)C3)c1)CNCC2. The topological polar surface area (TPSA) is 78.0 Å². The van der Waals surface area contributed by atoms with E-state index in [0.717, 1.165) is 37.4 Å². The Labute approximate surface area is 177 Å². The summed E-state index contributed by atoms with van der Waals surface area (Å²) in [4.78, 5) is 8.08. The normalized spacial score (nSPS) is 21.4. The number of nitrogen functional groups attached to an aromatic ring is 1. The van der Waals surface area contributed by atoms with Gasteiger partial charge in [0.2, 0.25) is 0 Å². The minimum Gasteiger partial charge on any atom is -0.490 e. The van der Waals surface area contributed by atoms with Crippen molar-refractivity contribution in [3.8, 4) is 5.75 Å². The van der Waals surface area contributed by atoms with E-state index in [2.05, 4.69) is 15.3 Å². The average molecular weight is 431 g/mol. The number of nitrogens with one attached hydrogen (secondary N) is 1. The molecule has 3 heterocycles. The highest BCUT2D eigenvalue weighted by Crippen LogP contribution is 2.39. The van der Waals surface area contributed by atoms with Crippen LogP contribution >= 0.6 is 0 Å². The quantitative estimate of drug-likeness (QED) is 0.651. The van der Waals surface area contributed by atoms with Crippen LogP contribution in [0.25, 0.3) is 11.0 Å². The molecule has 31 heavy (non-hydrogen) atoms. The van der Waals surface area contributed by atoms with Crippen LogP contribution in [0.3, 0.4) is 0 Å². The molecule has 2 atom stereocenters. The van der Waals surface area contributed by atoms with E-state index in [1.807, 2.05) is 0 Å². The molecule has 6 nitrogen and oxygen atoms in total. The molecule has 0 saturated heterocycles. The minimum atomic E-state index is -2.93. The maximum atomic E-state index is 14.4. The van der Waals surface area contributed by atoms with Crippen molar-refractivity contribution in [2.75, 3.05) is 12.3 Å². The van der Waals surface area contributed by atoms with Crippen molar-refractivity contribution < 1.29 is 17.9 Å². The molecular formula is C22H24F3N5O. The van der Waals surface area contributed by atoms with E-state index in [4.69, 9.17) is 10.5 Å². The Kier molecular flexibility index (Phi) is 4.80. The first kappa shape index (κ1) is 20.1. The summed E-state index contributed by atoms with van der Waals surface area (Å²) in [6, 6.07) is 3.05. The van der Waals surface area contributed by atoms with Crippen LogP contribution in [0, 0.1) is 5.82 Å². The monoisotopic (exact) mass is 431 g/mol. The lowest BCUT2D eigenvalue weighted by Gasteiger charge is -2.25. The summed E-state index contributed by atoms with van der Waals surface area (Å²) in [6.07, 6.45) is 5.40. The van der Waals surface area contributed by atoms with Crippen molar-refractivity contribution in [1.82, 2.24) is 19.9 Å². The molecule has 164 valence electrons. The van der Waals surface area contributed by atoms with Gasteiger partial charge in [0.25, 0.3) is 5.92 Å². The number of fused-ring (bicyclic) bond motifs is 2. The van der Waals surface area contributed by atoms with Crippen LogP contribution in [-0.2, 0) is 18.9 Å². The third kappa shape index (κ3) is 3.60. The van der Waals surface area contributed by atoms with Gasteiger partial charge in [-0.1, -0.05) is 0 Å². The summed E-state index contributed by atoms with van der Waals surface area (Å²) in [5, 5.41) is 3.51. The summed E-state index contributed by atoms with van der Waals surface area (Å²) in [7, 11) is 0. The third-order valence-corrected chi connectivity index (χ3v) is 6.32. The Balaban J connectivity index is 1.41. The van der Waals surface area contributed by atoms with E-state index in [9.17, 15) is 13.2 Å². The van der Waals surface area contributed by atoms with Gasteiger partial charge < -0.3 is 20.4 Å². The molecular weight excluding hydrogens is 407 g/mol. The molecule has 5 rings (SSSR count). The molecule has 2 aromatic heterocycles. The Morgan fingerprint density at radius 3 is 2.90 bits per heavy atom. The van der Waals surface area contributed by atoms with E-state index in [-0.39, 0.29) is 28.9 Å². The number of aromatic nitrogens is 3. The second-order valence-corrected chi connectivity index (χ2v) is 8.48. The third-order valence-electron chi connectivity index (χ3n) is 6.32. The van der Waals surface area contributed by atoms with Crippen LogP contribution < -0.4 is 15.8 Å². The van der Waals surface area contributed by atoms with Gasteiger partial charge >= 0.3 is 0 Å². The van der Waals surface area contributed by atoms with Gasteiger partial charge in [-0.2, -0.15) is 0 Å². The molecule has 0 amide bonds. The summed E-state index contributed by atoms with van der Waals surface area (Å²) < 4.78 is 50.6. The second kappa shape index (κ2) is 7.40. The molecule has 1 unspecified atom stereocenters. The van der Waals surface area contributed by atoms with Crippen LogP contribution in [0.5, 0.6) is 5.75 Å². The van der Waals surface area contributed by atoms with Crippen LogP contribution in [0.2, 0.25) is 0 Å². The Hall–Kier alpha value is -2.81. The highest BCUT2D eigenvalue weighted by atomic mass is 19.3. The van der Waals surface area contributed by atoms with E-state index in [0.29, 0.717) is 30.8 Å². The van der Waals surface area contributed by atoms with Gasteiger partial charge in [-0.15, -0.1) is 0 Å². The van der Waals surface area contributed by atoms with Crippen LogP contribution in [-0.4, -0.2) is 27.2 Å². The summed E-state index contributed by atoms with van der Waals surface area (Å²) in [6.45, 7) is 2.26. The molecule has 1 saturated carbocycles. The standard InChI is InChI=1S/C22H24F3N5O/c1-22(24,25)13-6-12-4-5-27-9-16(12)18(7-13)31-15-3-2-14(8-15)30-10-17(23)19-20(26)28-11-29-21(19)30/h6-7,10-11,14-15,27H,2-5,8-9H2,1H3,(H2,26,28,29)/t14-,15?/m0/s1. The smallest absolute Gasteiger partial charge is 0.270 e. The second-order valence-electron chi connectivity index (χ2n) is 8.48. The van der Waals surface area contributed by atoms with Gasteiger partial charge in [0.1, 0.15) is 29.6 Å². The molecule has 3 aromatic rings. The zero-order valence-electron chi connectivity index (χ0n) is 17.2. The van der Waals surface area contributed by atoms with Gasteiger partial charge in [0.05, 0.1) is 5.39 Å². The lowest BCUT2D eigenvalue weighted by Crippen LogP contribution is -2.26. The number of halogens is 3. The van der Waals surface area contributed by atoms with Crippen molar-refractivity contribution in [3.63, 3.8) is 0 Å². The Morgan fingerprint density at radius 2 is 2.10 bits per heavy atom. The molecule has 1 fully saturated rings. The van der Waals surface area contributed by atoms with Gasteiger partial charge in [-0.05, 0) is 43.5 Å². The Bertz CT molecular complexity index is 1140. The predicted octanol–water partition coefficient (Wildman–Crippen LogP) is 4.08. The number of rotatable bonds is 4. The number of anilines is 1. The number of ether oxygens (including phenoxy) is 1. The largest absolute Gasteiger partial charge is 0.490 e. The highest BCUT2D eigenvalue weighted by Gasteiger charge is 2.32. The van der Waals surface area contributed by atoms with Crippen molar-refractivity contribution in [1.29, 1.82) is 0 Å². The highest BCUT2D eigenvalue weighted by molar-refractivity contribution is 5.86. The minimum absolute atomic E-state index is 0.0175. The van der Waals surface area contributed by atoms with E-state index < -0.39 is 11.7 Å². The molecule has 0 spiro atoms. The number of hydrogen-bond acceptors (Lipinski definition) is 5. The summed E-state index contributed by atoms with van der Waals surface area (Å²) in [5.41, 5.74) is 8.11. The molecule has 0 bridgehead atoms. The van der Waals surface area contributed by atoms with Crippen molar-refractivity contribution in [3.05, 3.63) is 47.2 Å². The zero-order chi connectivity index (χ0) is 21.8. The van der Waals surface area contributed by atoms with E-state index in [1.165, 1.54) is 18.6 Å². The maximum Gasteiger partial charge on any atom is 0.270 e. The average Bonchev–Trinajstić information content (AvgIpc) is 3.32. The molecule has 1 aliphatic carbocycles. The van der Waals surface area contributed by atoms with Gasteiger partial charge in [-0.25, -0.2) is 23.1 Å². The molecule has 9 heteroatoms. The van der Waals surface area contributed by atoms with Gasteiger partial charge in [0.15, 0.2) is 5.82 Å². The first-order valence-corrected chi connectivity index (χ1v) is 10.5. The van der Waals surface area contributed by atoms with Crippen LogP contribution in [0.1, 0.15) is 48.9 Å². The number of alkyl halides is 2. The Morgan fingerprint density at radius 1 is 1.26 bits per heavy atom. The number of nitrogens with two attached hydrogens (primary N) is 1. The van der Waals surface area contributed by atoms with Crippen molar-refractivity contribution >= 4 is 16.9 Å². The summed E-state index contributed by atoms with van der Waals surface area (Å²) in [5.74, 6) is -2.75. The predicted molar refractivity (Wildman–Crippen MR) is 111 cm³/mol. The molecule has 2 aliphatic rings.